The molecule has 0 atom stereocenters. The molecule has 1 nitrogen and oxygen atoms in total. The Bertz CT molecular complexity index is 4070. The Hall–Kier alpha value is -7.35. The summed E-state index contributed by atoms with van der Waals surface area (Å²) in [6.45, 7) is 5.28. The fraction of sp³-hybridized carbons (Fsp3) is 0.487. The minimum Gasteiger partial charge on any atom is -0.327 e. The van der Waals surface area contributed by atoms with Gasteiger partial charge in [0.15, 0.2) is 146 Å². The van der Waals surface area contributed by atoms with Crippen LogP contribution < -0.4 is 26.8 Å². The van der Waals surface area contributed by atoms with Crippen LogP contribution in [0.25, 0.3) is 43.1 Å². The molecule has 111 heavy (non-hydrogen) atoms. The van der Waals surface area contributed by atoms with E-state index in [1.54, 1.807) is 0 Å². The average molecular weight is 1630 g/mol. The Morgan fingerprint density at radius 2 is 0.315 bits per heavy atom. The first-order chi connectivity index (χ1) is 52.5. The van der Waals surface area contributed by atoms with E-state index in [1.165, 1.54) is 180 Å². The van der Waals surface area contributed by atoms with Gasteiger partial charge in [0.1, 0.15) is 29.4 Å². The van der Waals surface area contributed by atoms with Crippen LogP contribution in [0.15, 0.2) is 0 Å². The summed E-state index contributed by atoms with van der Waals surface area (Å²) in [5.74, 6) is -104. The molecular formula is C78H77BF31N. The lowest BCUT2D eigenvalue weighted by atomic mass is 9.11. The molecule has 0 aliphatic carbocycles. The van der Waals surface area contributed by atoms with Gasteiger partial charge in [0.2, 0.25) is 0 Å². The zero-order valence-electron chi connectivity index (χ0n) is 60.0. The van der Waals surface area contributed by atoms with Crippen LogP contribution in [0.2, 0.25) is 0 Å². The number of alkyl halides is 3. The molecule has 0 saturated carbocycles. The minimum atomic E-state index is -8.05. The van der Waals surface area contributed by atoms with E-state index >= 15 is 105 Å². The van der Waals surface area contributed by atoms with Crippen molar-refractivity contribution in [2.24, 2.45) is 0 Å². The van der Waals surface area contributed by atoms with Crippen molar-refractivity contribution in [1.29, 1.82) is 0 Å². The van der Waals surface area contributed by atoms with Gasteiger partial charge in [0.25, 0.3) is 0 Å². The van der Waals surface area contributed by atoms with Crippen molar-refractivity contribution < 1.29 is 141 Å². The van der Waals surface area contributed by atoms with Crippen LogP contribution in [-0.2, 0) is 0 Å². The van der Waals surface area contributed by atoms with Gasteiger partial charge in [0, 0.05) is 0 Å². The number of rotatable bonds is 39. The number of hydrogen-bond acceptors (Lipinski definition) is 0. The molecule has 0 aliphatic heterocycles. The summed E-state index contributed by atoms with van der Waals surface area (Å²) in [4.78, 5) is 0.762. The van der Waals surface area contributed by atoms with E-state index < -0.39 is 247 Å². The zero-order valence-corrected chi connectivity index (χ0v) is 60.0. The summed E-state index contributed by atoms with van der Waals surface area (Å²) in [5.41, 5.74) is -15.5. The fourth-order valence-electron chi connectivity index (χ4n) is 15.0. The third-order valence-electron chi connectivity index (χ3n) is 20.5. The van der Waals surface area contributed by atoms with Crippen molar-refractivity contribution in [3.05, 3.63) is 163 Å². The topological polar surface area (TPSA) is 4.44 Å². The van der Waals surface area contributed by atoms with Gasteiger partial charge in [-0.15, -0.1) is 21.9 Å². The molecule has 0 heterocycles. The zero-order chi connectivity index (χ0) is 82.4. The molecule has 0 amide bonds. The summed E-state index contributed by atoms with van der Waals surface area (Å²) >= 11 is 0. The maximum Gasteiger partial charge on any atom is 0.438 e. The van der Waals surface area contributed by atoms with Crippen molar-refractivity contribution in [2.75, 3.05) is 19.6 Å². The molecule has 0 unspecified atom stereocenters. The van der Waals surface area contributed by atoms with Gasteiger partial charge < -0.3 is 4.90 Å². The molecule has 33 heteroatoms. The number of fused-ring (bicyclic) bond motifs is 4. The normalized spacial score (nSPS) is 12.3. The average Bonchev–Trinajstić information content (AvgIpc) is 0.661. The van der Waals surface area contributed by atoms with Gasteiger partial charge in [-0.3, -0.25) is 0 Å². The molecular weight excluding hydrogens is 1550 g/mol. The lowest BCUT2D eigenvalue weighted by molar-refractivity contribution is -0.911. The Balaban J connectivity index is 0.000000352. The number of benzene rings is 8. The van der Waals surface area contributed by atoms with Crippen LogP contribution in [0.1, 0.15) is 219 Å². The number of quaternary nitrogens is 1. The number of nitrogens with one attached hydrogen (secondary N) is 1. The molecule has 1 N–H and O–H groups in total. The van der Waals surface area contributed by atoms with Crippen LogP contribution in [0, 0.1) is 163 Å². The predicted octanol–water partition coefficient (Wildman–Crippen LogP) is 24.5. The van der Waals surface area contributed by atoms with Gasteiger partial charge in [-0.25, -0.2) is 123 Å². The van der Waals surface area contributed by atoms with Gasteiger partial charge in [-0.05, 0) is 47.2 Å². The van der Waals surface area contributed by atoms with Crippen molar-refractivity contribution in [1.82, 2.24) is 0 Å². The molecule has 614 valence electrons. The molecule has 0 spiro atoms. The van der Waals surface area contributed by atoms with E-state index in [0.717, 1.165) is 30.6 Å². The SMILES string of the molecule is CCCCCCCCCCCCCCCCCC[NH+](CCCCCCCCCCCCCCCCCC)CC(F)(F)F.Fc1c(F)c(F)c2c([B-](c3c(F)c(F)c(F)c4c(F)c(F)c(F)c(F)c34)(c3c(F)c(F)c(F)c4c(F)c(F)c(F)c(F)c34)c3c(F)c(F)c(F)c4c(F)c(F)c(F)c(F)c34)c(F)c(F)c(F)c2c1F. The Morgan fingerprint density at radius 1 is 0.180 bits per heavy atom. The second-order valence-corrected chi connectivity index (χ2v) is 28.0. The lowest BCUT2D eigenvalue weighted by Gasteiger charge is -2.47. The summed E-state index contributed by atoms with van der Waals surface area (Å²) < 4.78 is 486. The van der Waals surface area contributed by atoms with E-state index in [9.17, 15) is 30.7 Å². The molecule has 8 rings (SSSR count). The molecule has 0 fully saturated rings. The quantitative estimate of drug-likeness (QED) is 0.0129. The van der Waals surface area contributed by atoms with Crippen molar-refractivity contribution >= 4 is 71.1 Å². The Morgan fingerprint density at radius 3 is 0.468 bits per heavy atom. The van der Waals surface area contributed by atoms with Crippen molar-refractivity contribution in [3.8, 4) is 0 Å². The van der Waals surface area contributed by atoms with Crippen LogP contribution in [0.3, 0.4) is 0 Å². The number of halogens is 31. The molecule has 0 aliphatic rings. The summed E-state index contributed by atoms with van der Waals surface area (Å²) in [5, 5.41) is -27.0. The standard InChI is InChI=1S/C40BF28.C38H76F3N/c42-13-1-5(21(50)37(66)33(13)62)17(46)29(58)25(54)9(1)41(10-2-6(18(47)30(59)26(10)55)22(51)38(67)34(63)14(2)43,11-3-7(19(48)31(60)27(11)56)23(52)39(68)35(64)15(3)44)12-4-8(20(49)32(61)28(12)57)24(53)40(69)36(65)16(4)45;1-3-5-7-9-11-13-15-17-19-21-23-25-27-29-31-33-35-42(37-38(39,40)41)36-34-32-30-28-26-24-22-20-18-16-14-12-10-8-6-4-2/h;3-37H2,1-2H3/q-1;/p+1. The highest BCUT2D eigenvalue weighted by molar-refractivity contribution is 7.23. The molecule has 0 bridgehead atoms. The first-order valence-corrected chi connectivity index (χ1v) is 36.8. The molecule has 0 radical (unpaired) electrons. The van der Waals surface area contributed by atoms with Gasteiger partial charge >= 0.3 is 6.18 Å². The summed E-state index contributed by atoms with van der Waals surface area (Å²) in [7, 11) is 0. The van der Waals surface area contributed by atoms with Crippen LogP contribution >= 0.6 is 0 Å². The molecule has 0 aromatic heterocycles. The second kappa shape index (κ2) is 40.1. The first kappa shape index (κ1) is 90.8. The molecule has 8 aromatic rings. The Labute approximate surface area is 618 Å². The minimum absolute atomic E-state index is 0.648. The Kier molecular flexibility index (Phi) is 32.8. The van der Waals surface area contributed by atoms with E-state index in [0.29, 0.717) is 13.1 Å². The van der Waals surface area contributed by atoms with Crippen molar-refractivity contribution in [2.45, 2.75) is 225 Å². The highest BCUT2D eigenvalue weighted by Gasteiger charge is 2.52. The third kappa shape index (κ3) is 19.1. The van der Waals surface area contributed by atoms with Crippen LogP contribution in [0.5, 0.6) is 0 Å². The van der Waals surface area contributed by atoms with Crippen LogP contribution in [-0.4, -0.2) is 32.0 Å². The predicted molar refractivity (Wildman–Crippen MR) is 360 cm³/mol. The molecule has 8 aromatic carbocycles. The van der Waals surface area contributed by atoms with Gasteiger partial charge in [-0.1, -0.05) is 194 Å². The lowest BCUT2D eigenvalue weighted by Crippen LogP contribution is -3.13. The summed E-state index contributed by atoms with van der Waals surface area (Å²) in [6.07, 6.45) is 30.0. The van der Waals surface area contributed by atoms with Crippen LogP contribution in [0.4, 0.5) is 136 Å². The van der Waals surface area contributed by atoms with E-state index in [2.05, 4.69) is 13.8 Å². The number of unbranched alkanes of at least 4 members (excludes halogenated alkanes) is 30. The van der Waals surface area contributed by atoms with Gasteiger partial charge in [-0.2, -0.15) is 13.2 Å². The van der Waals surface area contributed by atoms with E-state index in [4.69, 9.17) is 0 Å². The maximum absolute atomic E-state index is 17.3. The largest absolute Gasteiger partial charge is 0.438 e. The first-order valence-electron chi connectivity index (χ1n) is 36.8. The smallest absolute Gasteiger partial charge is 0.327 e. The maximum atomic E-state index is 17.3. The highest BCUT2D eigenvalue weighted by atomic mass is 19.4. The van der Waals surface area contributed by atoms with E-state index in [1.807, 2.05) is 0 Å². The molecule has 0 saturated heterocycles. The third-order valence-corrected chi connectivity index (χ3v) is 20.5. The second-order valence-electron chi connectivity index (χ2n) is 28.0. The monoisotopic (exact) mass is 1630 g/mol. The fourth-order valence-corrected chi connectivity index (χ4v) is 15.0. The highest BCUT2D eigenvalue weighted by Crippen LogP contribution is 2.42. The van der Waals surface area contributed by atoms with Gasteiger partial charge in [0.05, 0.1) is 34.6 Å². The number of hydrogen-bond donors (Lipinski definition) is 1. The van der Waals surface area contributed by atoms with E-state index in [-0.39, 0.29) is 0 Å². The van der Waals surface area contributed by atoms with Crippen molar-refractivity contribution in [3.63, 3.8) is 0 Å². The summed E-state index contributed by atoms with van der Waals surface area (Å²) in [6, 6.07) is 0.